The maximum atomic E-state index is 13.6. The van der Waals surface area contributed by atoms with Crippen LogP contribution in [0.3, 0.4) is 0 Å². The van der Waals surface area contributed by atoms with E-state index < -0.39 is 42.5 Å². The molecule has 5 nitrogen and oxygen atoms in total. The number of benzene rings is 2. The molecule has 140 valence electrons. The number of rotatable bonds is 5. The standard InChI is InChI=1S/C16H14ClF2NO4S2/c17-12-1-4-14(5-2-12)26(23,24)15-8-20(9-15)25(21,22)10-11-7-13(18)3-6-16(11)19/h1-7,15H,8-10H2. The molecule has 0 spiro atoms. The van der Waals surface area contributed by atoms with Gasteiger partial charge in [0, 0.05) is 23.7 Å². The lowest BCUT2D eigenvalue weighted by molar-refractivity contribution is 0.309. The maximum Gasteiger partial charge on any atom is 0.218 e. The summed E-state index contributed by atoms with van der Waals surface area (Å²) >= 11 is 5.73. The molecule has 0 N–H and O–H groups in total. The summed E-state index contributed by atoms with van der Waals surface area (Å²) in [7, 11) is -7.66. The van der Waals surface area contributed by atoms with E-state index in [9.17, 15) is 25.6 Å². The molecule has 1 fully saturated rings. The first-order valence-electron chi connectivity index (χ1n) is 7.51. The number of sulfonamides is 1. The van der Waals surface area contributed by atoms with Crippen LogP contribution in [-0.4, -0.2) is 39.5 Å². The summed E-state index contributed by atoms with van der Waals surface area (Å²) < 4.78 is 77.4. The molecule has 0 aliphatic carbocycles. The van der Waals surface area contributed by atoms with Crippen molar-refractivity contribution < 1.29 is 25.6 Å². The van der Waals surface area contributed by atoms with Crippen molar-refractivity contribution in [3.63, 3.8) is 0 Å². The maximum absolute atomic E-state index is 13.6. The first-order chi connectivity index (χ1) is 12.1. The van der Waals surface area contributed by atoms with Crippen molar-refractivity contribution in [2.24, 2.45) is 0 Å². The van der Waals surface area contributed by atoms with Crippen LogP contribution in [0, 0.1) is 11.6 Å². The molecular formula is C16H14ClF2NO4S2. The molecule has 1 aliphatic rings. The van der Waals surface area contributed by atoms with Gasteiger partial charge >= 0.3 is 0 Å². The summed E-state index contributed by atoms with van der Waals surface area (Å²) in [5.74, 6) is -2.31. The third-order valence-corrected chi connectivity index (χ3v) is 8.25. The van der Waals surface area contributed by atoms with E-state index in [-0.39, 0.29) is 23.5 Å². The molecule has 1 heterocycles. The molecule has 1 aliphatic heterocycles. The van der Waals surface area contributed by atoms with Crippen molar-refractivity contribution in [3.8, 4) is 0 Å². The molecule has 0 bridgehead atoms. The van der Waals surface area contributed by atoms with Gasteiger partial charge in [0.25, 0.3) is 0 Å². The fraction of sp³-hybridized carbons (Fsp3) is 0.250. The van der Waals surface area contributed by atoms with E-state index in [1.54, 1.807) is 0 Å². The van der Waals surface area contributed by atoms with Gasteiger partial charge in [0.2, 0.25) is 10.0 Å². The topological polar surface area (TPSA) is 71.5 Å². The fourth-order valence-electron chi connectivity index (χ4n) is 2.58. The van der Waals surface area contributed by atoms with Crippen LogP contribution in [-0.2, 0) is 25.6 Å². The summed E-state index contributed by atoms with van der Waals surface area (Å²) in [6, 6.07) is 8.15. The number of sulfone groups is 1. The fourth-order valence-corrected chi connectivity index (χ4v) is 6.16. The molecule has 0 amide bonds. The molecule has 10 heteroatoms. The largest absolute Gasteiger partial charge is 0.223 e. The van der Waals surface area contributed by atoms with Crippen LogP contribution in [0.25, 0.3) is 0 Å². The van der Waals surface area contributed by atoms with Crippen LogP contribution in [0.1, 0.15) is 5.56 Å². The van der Waals surface area contributed by atoms with Crippen molar-refractivity contribution in [3.05, 3.63) is 64.7 Å². The summed E-state index contributed by atoms with van der Waals surface area (Å²) in [5, 5.41) is -0.505. The van der Waals surface area contributed by atoms with Gasteiger partial charge in [-0.25, -0.2) is 25.6 Å². The van der Waals surface area contributed by atoms with E-state index in [2.05, 4.69) is 0 Å². The Hall–Kier alpha value is -1.55. The Labute approximate surface area is 155 Å². The molecule has 0 radical (unpaired) electrons. The van der Waals surface area contributed by atoms with Gasteiger partial charge in [0.05, 0.1) is 15.9 Å². The average molecular weight is 422 g/mol. The lowest BCUT2D eigenvalue weighted by atomic mass is 10.2. The number of halogens is 3. The molecule has 26 heavy (non-hydrogen) atoms. The van der Waals surface area contributed by atoms with E-state index in [1.807, 2.05) is 0 Å². The van der Waals surface area contributed by atoms with Gasteiger partial charge in [-0.05, 0) is 42.5 Å². The predicted molar refractivity (Wildman–Crippen MR) is 93.0 cm³/mol. The molecule has 0 saturated carbocycles. The zero-order valence-electron chi connectivity index (χ0n) is 13.3. The Bertz CT molecular complexity index is 1030. The smallest absolute Gasteiger partial charge is 0.218 e. The second-order valence-electron chi connectivity index (χ2n) is 5.93. The Morgan fingerprint density at radius 1 is 1.00 bits per heavy atom. The minimum atomic E-state index is -3.96. The summed E-state index contributed by atoms with van der Waals surface area (Å²) in [4.78, 5) is 0.0557. The van der Waals surface area contributed by atoms with Gasteiger partial charge in [-0.3, -0.25) is 0 Å². The lowest BCUT2D eigenvalue weighted by Crippen LogP contribution is -2.56. The number of hydrogen-bond donors (Lipinski definition) is 0. The molecule has 2 aromatic rings. The highest BCUT2D eigenvalue weighted by molar-refractivity contribution is 7.92. The second kappa shape index (κ2) is 6.88. The minimum absolute atomic E-state index is 0.0557. The van der Waals surface area contributed by atoms with Crippen molar-refractivity contribution >= 4 is 31.5 Å². The van der Waals surface area contributed by atoms with Crippen LogP contribution in [0.2, 0.25) is 5.02 Å². The van der Waals surface area contributed by atoms with Crippen LogP contribution in [0.5, 0.6) is 0 Å². The Morgan fingerprint density at radius 2 is 1.62 bits per heavy atom. The normalized spacial score (nSPS) is 16.4. The van der Waals surface area contributed by atoms with Gasteiger partial charge < -0.3 is 0 Å². The van der Waals surface area contributed by atoms with Crippen molar-refractivity contribution in [2.75, 3.05) is 13.1 Å². The van der Waals surface area contributed by atoms with Crippen molar-refractivity contribution in [1.82, 2.24) is 4.31 Å². The quantitative estimate of drug-likeness (QED) is 0.744. The van der Waals surface area contributed by atoms with Crippen LogP contribution in [0.15, 0.2) is 47.4 Å². The summed E-state index contributed by atoms with van der Waals surface area (Å²) in [6.07, 6.45) is 0. The third-order valence-electron chi connectivity index (χ3n) is 4.13. The van der Waals surface area contributed by atoms with Crippen molar-refractivity contribution in [2.45, 2.75) is 15.9 Å². The zero-order valence-corrected chi connectivity index (χ0v) is 15.7. The van der Waals surface area contributed by atoms with E-state index in [1.165, 1.54) is 24.3 Å². The van der Waals surface area contributed by atoms with E-state index >= 15 is 0 Å². The highest BCUT2D eigenvalue weighted by atomic mass is 35.5. The molecular weight excluding hydrogens is 408 g/mol. The Balaban J connectivity index is 1.72. The molecule has 0 unspecified atom stereocenters. The molecule has 1 saturated heterocycles. The Kier molecular flexibility index (Phi) is 5.08. The highest BCUT2D eigenvalue weighted by Gasteiger charge is 2.43. The van der Waals surface area contributed by atoms with Gasteiger partial charge in [-0.2, -0.15) is 4.31 Å². The SMILES string of the molecule is O=S(=O)(c1ccc(Cl)cc1)C1CN(S(=O)(=O)Cc2cc(F)ccc2F)C1. The number of hydrogen-bond acceptors (Lipinski definition) is 4. The van der Waals surface area contributed by atoms with Gasteiger partial charge in [-0.15, -0.1) is 0 Å². The first kappa shape index (κ1) is 19.2. The molecule has 2 aromatic carbocycles. The van der Waals surface area contributed by atoms with Gasteiger partial charge in [-0.1, -0.05) is 11.6 Å². The van der Waals surface area contributed by atoms with Crippen LogP contribution >= 0.6 is 11.6 Å². The minimum Gasteiger partial charge on any atom is -0.223 e. The van der Waals surface area contributed by atoms with E-state index in [0.29, 0.717) is 5.02 Å². The zero-order chi connectivity index (χ0) is 19.1. The first-order valence-corrected chi connectivity index (χ1v) is 11.0. The summed E-state index contributed by atoms with van der Waals surface area (Å²) in [5.41, 5.74) is -0.297. The molecule has 0 atom stereocenters. The third kappa shape index (κ3) is 3.75. The second-order valence-corrected chi connectivity index (χ2v) is 10.6. The average Bonchev–Trinajstić information content (AvgIpc) is 2.49. The number of nitrogens with zero attached hydrogens (tertiary/aromatic N) is 1. The van der Waals surface area contributed by atoms with E-state index in [4.69, 9.17) is 11.6 Å². The molecule has 0 aromatic heterocycles. The highest BCUT2D eigenvalue weighted by Crippen LogP contribution is 2.28. The van der Waals surface area contributed by atoms with E-state index in [0.717, 1.165) is 22.5 Å². The van der Waals surface area contributed by atoms with Crippen LogP contribution < -0.4 is 0 Å². The molecule has 3 rings (SSSR count). The predicted octanol–water partition coefficient (Wildman–Crippen LogP) is 2.61. The monoisotopic (exact) mass is 421 g/mol. The lowest BCUT2D eigenvalue weighted by Gasteiger charge is -2.37. The van der Waals surface area contributed by atoms with Gasteiger partial charge in [0.15, 0.2) is 9.84 Å². The van der Waals surface area contributed by atoms with Crippen LogP contribution in [0.4, 0.5) is 8.78 Å². The van der Waals surface area contributed by atoms with Crippen molar-refractivity contribution in [1.29, 1.82) is 0 Å². The summed E-state index contributed by atoms with van der Waals surface area (Å²) in [6.45, 7) is -0.464. The Morgan fingerprint density at radius 3 is 2.23 bits per heavy atom. The van der Waals surface area contributed by atoms with Gasteiger partial charge in [0.1, 0.15) is 11.6 Å².